The van der Waals surface area contributed by atoms with Gasteiger partial charge in [0, 0.05) is 5.75 Å². The Morgan fingerprint density at radius 1 is 1.45 bits per heavy atom. The van der Waals surface area contributed by atoms with Crippen LogP contribution in [0.2, 0.25) is 0 Å². The first-order valence-electron chi connectivity index (χ1n) is 6.92. The van der Waals surface area contributed by atoms with Crippen LogP contribution in [0.4, 0.5) is 0 Å². The van der Waals surface area contributed by atoms with Gasteiger partial charge in [-0.3, -0.25) is 4.79 Å². The van der Waals surface area contributed by atoms with E-state index in [0.29, 0.717) is 18.3 Å². The lowest BCUT2D eigenvalue weighted by Crippen LogP contribution is -2.50. The Kier molecular flexibility index (Phi) is 6.55. The number of nitrogens with zero attached hydrogens (tertiary/aromatic N) is 1. The van der Waals surface area contributed by atoms with Gasteiger partial charge < -0.3 is 14.5 Å². The number of hydrogen-bond acceptors (Lipinski definition) is 6. The Morgan fingerprint density at radius 3 is 2.65 bits per heavy atom. The van der Waals surface area contributed by atoms with E-state index in [4.69, 9.17) is 9.15 Å². The quantitative estimate of drug-likeness (QED) is 0.588. The minimum atomic E-state index is -0.658. The van der Waals surface area contributed by atoms with Crippen LogP contribution >= 0.6 is 11.8 Å². The van der Waals surface area contributed by atoms with E-state index in [9.17, 15) is 4.79 Å². The highest BCUT2D eigenvalue weighted by molar-refractivity contribution is 7.99. The Hall–Kier alpha value is -1.01. The van der Waals surface area contributed by atoms with Gasteiger partial charge in [0.15, 0.2) is 0 Å². The zero-order valence-corrected chi connectivity index (χ0v) is 13.7. The Morgan fingerprint density at radius 2 is 2.15 bits per heavy atom. The molecule has 1 unspecified atom stereocenters. The maximum Gasteiger partial charge on any atom is 0.326 e. The molecule has 0 bridgehead atoms. The number of aromatic nitrogens is 1. The van der Waals surface area contributed by atoms with Crippen LogP contribution in [0, 0.1) is 13.8 Å². The molecule has 0 aliphatic heterocycles. The van der Waals surface area contributed by atoms with Gasteiger partial charge in [-0.25, -0.2) is 4.98 Å². The number of aryl methyl sites for hydroxylation is 2. The van der Waals surface area contributed by atoms with E-state index >= 15 is 0 Å². The lowest BCUT2D eigenvalue weighted by atomic mass is 9.99. The standard InChI is InChI=1S/C14H24N2O3S/c1-6-15-14(5,12(17)18-7-2)8-9-20-13-16-10(3)11(4)19-13/h15H,6-9H2,1-5H3. The van der Waals surface area contributed by atoms with Gasteiger partial charge in [-0.15, -0.1) is 0 Å². The summed E-state index contributed by atoms with van der Waals surface area (Å²) < 4.78 is 10.6. The molecule has 1 aromatic rings. The second-order valence-corrected chi connectivity index (χ2v) is 5.85. The first-order chi connectivity index (χ1) is 9.42. The van der Waals surface area contributed by atoms with E-state index in [1.54, 1.807) is 0 Å². The van der Waals surface area contributed by atoms with E-state index in [0.717, 1.165) is 23.8 Å². The van der Waals surface area contributed by atoms with E-state index < -0.39 is 5.54 Å². The monoisotopic (exact) mass is 300 g/mol. The van der Waals surface area contributed by atoms with Gasteiger partial charge in [0.1, 0.15) is 11.3 Å². The molecular weight excluding hydrogens is 276 g/mol. The summed E-state index contributed by atoms with van der Waals surface area (Å²) in [6, 6.07) is 0. The maximum atomic E-state index is 12.0. The van der Waals surface area contributed by atoms with Crippen molar-refractivity contribution in [1.82, 2.24) is 10.3 Å². The van der Waals surface area contributed by atoms with Crippen LogP contribution in [0.15, 0.2) is 9.64 Å². The summed E-state index contributed by atoms with van der Waals surface area (Å²) >= 11 is 1.52. The molecule has 0 radical (unpaired) electrons. The lowest BCUT2D eigenvalue weighted by Gasteiger charge is -2.27. The largest absolute Gasteiger partial charge is 0.465 e. The van der Waals surface area contributed by atoms with Crippen LogP contribution in [0.5, 0.6) is 0 Å². The molecule has 0 aliphatic carbocycles. The van der Waals surface area contributed by atoms with Crippen LogP contribution in [0.3, 0.4) is 0 Å². The normalized spacial score (nSPS) is 14.1. The molecule has 1 atom stereocenters. The molecule has 1 N–H and O–H groups in total. The van der Waals surface area contributed by atoms with Crippen molar-refractivity contribution in [3.05, 3.63) is 11.5 Å². The number of ether oxygens (including phenoxy) is 1. The summed E-state index contributed by atoms with van der Waals surface area (Å²) in [6.07, 6.45) is 0.658. The first kappa shape index (κ1) is 17.0. The summed E-state index contributed by atoms with van der Waals surface area (Å²) in [7, 11) is 0. The van der Waals surface area contributed by atoms with E-state index in [2.05, 4.69) is 10.3 Å². The van der Waals surface area contributed by atoms with Gasteiger partial charge in [0.05, 0.1) is 12.3 Å². The Bertz CT molecular complexity index is 428. The molecular formula is C14H24N2O3S. The summed E-state index contributed by atoms with van der Waals surface area (Å²) in [5.41, 5.74) is 0.251. The van der Waals surface area contributed by atoms with Crippen LogP contribution in [0.25, 0.3) is 0 Å². The highest BCUT2D eigenvalue weighted by Crippen LogP contribution is 2.24. The van der Waals surface area contributed by atoms with Crippen molar-refractivity contribution in [1.29, 1.82) is 0 Å². The molecule has 5 nitrogen and oxygen atoms in total. The van der Waals surface area contributed by atoms with Crippen molar-refractivity contribution >= 4 is 17.7 Å². The molecule has 0 aliphatic rings. The molecule has 0 saturated heterocycles. The predicted octanol–water partition coefficient (Wildman–Crippen LogP) is 2.70. The Balaban J connectivity index is 2.56. The summed E-state index contributed by atoms with van der Waals surface area (Å²) in [4.78, 5) is 16.3. The van der Waals surface area contributed by atoms with Crippen molar-refractivity contribution < 1.29 is 13.9 Å². The SMILES string of the molecule is CCNC(C)(CCSc1nc(C)c(C)o1)C(=O)OCC. The fourth-order valence-electron chi connectivity index (χ4n) is 1.79. The second-order valence-electron chi connectivity index (χ2n) is 4.80. The number of carbonyl (C=O) groups is 1. The average molecular weight is 300 g/mol. The van der Waals surface area contributed by atoms with Gasteiger partial charge in [-0.1, -0.05) is 18.7 Å². The molecule has 1 rings (SSSR count). The minimum Gasteiger partial charge on any atom is -0.465 e. The number of oxazole rings is 1. The van der Waals surface area contributed by atoms with Crippen molar-refractivity contribution in [3.63, 3.8) is 0 Å². The van der Waals surface area contributed by atoms with Gasteiger partial charge in [0.2, 0.25) is 0 Å². The van der Waals surface area contributed by atoms with Gasteiger partial charge >= 0.3 is 5.97 Å². The number of nitrogens with one attached hydrogen (secondary N) is 1. The third-order valence-corrected chi connectivity index (χ3v) is 3.96. The lowest BCUT2D eigenvalue weighted by molar-refractivity contribution is -0.150. The fourth-order valence-corrected chi connectivity index (χ4v) is 2.86. The zero-order valence-electron chi connectivity index (χ0n) is 12.9. The van der Waals surface area contributed by atoms with Gasteiger partial charge in [0.25, 0.3) is 5.22 Å². The summed E-state index contributed by atoms with van der Waals surface area (Å²) in [6.45, 7) is 10.6. The number of likely N-dealkylation sites (N-methyl/N-ethyl adjacent to an activating group) is 1. The van der Waals surface area contributed by atoms with Crippen molar-refractivity contribution in [2.24, 2.45) is 0 Å². The second kappa shape index (κ2) is 7.69. The summed E-state index contributed by atoms with van der Waals surface area (Å²) in [5.74, 6) is 1.37. The molecule has 0 spiro atoms. The zero-order chi connectivity index (χ0) is 15.2. The highest BCUT2D eigenvalue weighted by Gasteiger charge is 2.33. The maximum absolute atomic E-state index is 12.0. The van der Waals surface area contributed by atoms with Crippen LogP contribution in [-0.2, 0) is 9.53 Å². The number of esters is 1. The number of hydrogen-bond donors (Lipinski definition) is 1. The highest BCUT2D eigenvalue weighted by atomic mass is 32.2. The average Bonchev–Trinajstić information content (AvgIpc) is 2.69. The van der Waals surface area contributed by atoms with Crippen molar-refractivity contribution in [2.45, 2.75) is 51.8 Å². The van der Waals surface area contributed by atoms with E-state index in [1.165, 1.54) is 11.8 Å². The third kappa shape index (κ3) is 4.52. The molecule has 114 valence electrons. The van der Waals surface area contributed by atoms with Gasteiger partial charge in [-0.2, -0.15) is 0 Å². The van der Waals surface area contributed by atoms with Crippen molar-refractivity contribution in [2.75, 3.05) is 18.9 Å². The Labute approximate surface area is 124 Å². The van der Waals surface area contributed by atoms with Crippen LogP contribution < -0.4 is 5.32 Å². The topological polar surface area (TPSA) is 64.4 Å². The number of rotatable bonds is 8. The third-order valence-electron chi connectivity index (χ3n) is 3.13. The molecule has 1 heterocycles. The molecule has 0 aromatic carbocycles. The van der Waals surface area contributed by atoms with Gasteiger partial charge in [-0.05, 0) is 40.7 Å². The minimum absolute atomic E-state index is 0.206. The number of carbonyl (C=O) groups excluding carboxylic acids is 1. The molecule has 0 saturated carbocycles. The van der Waals surface area contributed by atoms with E-state index in [1.807, 2.05) is 34.6 Å². The van der Waals surface area contributed by atoms with Crippen LogP contribution in [-0.4, -0.2) is 35.4 Å². The molecule has 20 heavy (non-hydrogen) atoms. The molecule has 6 heteroatoms. The predicted molar refractivity (Wildman–Crippen MR) is 80.0 cm³/mol. The number of thioether (sulfide) groups is 1. The molecule has 0 fully saturated rings. The van der Waals surface area contributed by atoms with Crippen LogP contribution in [0.1, 0.15) is 38.6 Å². The smallest absolute Gasteiger partial charge is 0.326 e. The van der Waals surface area contributed by atoms with Crippen molar-refractivity contribution in [3.8, 4) is 0 Å². The fraction of sp³-hybridized carbons (Fsp3) is 0.714. The molecule has 1 aromatic heterocycles. The van der Waals surface area contributed by atoms with E-state index in [-0.39, 0.29) is 5.97 Å². The molecule has 0 amide bonds. The summed E-state index contributed by atoms with van der Waals surface area (Å²) in [5, 5.41) is 3.86. The first-order valence-corrected chi connectivity index (χ1v) is 7.90.